The zero-order chi connectivity index (χ0) is 14.5. The number of carbonyl (C=O) groups excluding carboxylic acids is 1. The number of aromatic nitrogens is 3. The highest BCUT2D eigenvalue weighted by Crippen LogP contribution is 2.15. The Morgan fingerprint density at radius 2 is 2.57 bits per heavy atom. The molecule has 1 fully saturated rings. The second-order valence-corrected chi connectivity index (χ2v) is 5.48. The van der Waals surface area contributed by atoms with Crippen LogP contribution in [0, 0.1) is 0 Å². The van der Waals surface area contributed by atoms with Crippen LogP contribution in [0.3, 0.4) is 0 Å². The quantitative estimate of drug-likeness (QED) is 0.859. The third-order valence-corrected chi connectivity index (χ3v) is 3.93. The monoisotopic (exact) mass is 308 g/mol. The van der Waals surface area contributed by atoms with Crippen molar-refractivity contribution in [3.05, 3.63) is 34.5 Å². The first-order chi connectivity index (χ1) is 10.3. The molecule has 0 bridgehead atoms. The highest BCUT2D eigenvalue weighted by molar-refractivity contribution is 7.07. The van der Waals surface area contributed by atoms with Gasteiger partial charge < -0.3 is 14.8 Å². The van der Waals surface area contributed by atoms with E-state index >= 15 is 0 Å². The maximum absolute atomic E-state index is 12.1. The van der Waals surface area contributed by atoms with Gasteiger partial charge in [0.15, 0.2) is 0 Å². The van der Waals surface area contributed by atoms with Gasteiger partial charge in [-0.25, -0.2) is 4.98 Å². The van der Waals surface area contributed by atoms with E-state index in [0.29, 0.717) is 25.4 Å². The largest absolute Gasteiger partial charge is 0.379 e. The summed E-state index contributed by atoms with van der Waals surface area (Å²) in [5.74, 6) is -0.179. The Hall–Kier alpha value is -1.77. The fraction of sp³-hybridized carbons (Fsp3) is 0.462. The second kappa shape index (κ2) is 6.79. The zero-order valence-corrected chi connectivity index (χ0v) is 12.1. The van der Waals surface area contributed by atoms with Gasteiger partial charge in [-0.15, -0.1) is 11.3 Å². The molecular formula is C13H16N4O3S. The highest BCUT2D eigenvalue weighted by atomic mass is 32.1. The Morgan fingerprint density at radius 3 is 3.33 bits per heavy atom. The smallest absolute Gasteiger partial charge is 0.254 e. The molecule has 2 N–H and O–H groups in total. The molecule has 0 aliphatic carbocycles. The van der Waals surface area contributed by atoms with Gasteiger partial charge in [0.25, 0.3) is 5.91 Å². The lowest BCUT2D eigenvalue weighted by molar-refractivity contribution is -0.0611. The van der Waals surface area contributed by atoms with Gasteiger partial charge in [-0.05, 0) is 6.42 Å². The van der Waals surface area contributed by atoms with E-state index in [2.05, 4.69) is 20.5 Å². The Bertz CT molecular complexity index is 558. The summed E-state index contributed by atoms with van der Waals surface area (Å²) in [5.41, 5.74) is 3.19. The molecule has 7 nitrogen and oxygen atoms in total. The molecular weight excluding hydrogens is 292 g/mol. The molecule has 0 saturated carbocycles. The van der Waals surface area contributed by atoms with Crippen molar-refractivity contribution in [1.29, 1.82) is 0 Å². The second-order valence-electron chi connectivity index (χ2n) is 4.76. The van der Waals surface area contributed by atoms with Crippen molar-refractivity contribution < 1.29 is 14.3 Å². The van der Waals surface area contributed by atoms with Crippen LogP contribution in [-0.4, -0.2) is 46.4 Å². The molecule has 1 amide bonds. The van der Waals surface area contributed by atoms with Gasteiger partial charge in [0.05, 0.1) is 48.3 Å². The van der Waals surface area contributed by atoms with Crippen LogP contribution in [0.4, 0.5) is 0 Å². The predicted molar refractivity (Wildman–Crippen MR) is 76.0 cm³/mol. The van der Waals surface area contributed by atoms with Gasteiger partial charge in [-0.1, -0.05) is 0 Å². The first-order valence-corrected chi connectivity index (χ1v) is 7.63. The van der Waals surface area contributed by atoms with Gasteiger partial charge in [0.1, 0.15) is 0 Å². The van der Waals surface area contributed by atoms with E-state index in [1.165, 1.54) is 17.5 Å². The fourth-order valence-electron chi connectivity index (χ4n) is 2.18. The number of aromatic amines is 1. The van der Waals surface area contributed by atoms with E-state index in [4.69, 9.17) is 9.47 Å². The maximum Gasteiger partial charge on any atom is 0.254 e. The van der Waals surface area contributed by atoms with E-state index in [1.54, 1.807) is 11.7 Å². The van der Waals surface area contributed by atoms with Crippen molar-refractivity contribution in [3.63, 3.8) is 0 Å². The summed E-state index contributed by atoms with van der Waals surface area (Å²) in [6.45, 7) is 1.54. The van der Waals surface area contributed by atoms with Crippen molar-refractivity contribution in [3.8, 4) is 0 Å². The topological polar surface area (TPSA) is 89.1 Å². The number of nitrogens with one attached hydrogen (secondary N) is 2. The summed E-state index contributed by atoms with van der Waals surface area (Å²) >= 11 is 1.54. The minimum absolute atomic E-state index is 0.0729. The number of H-pyrrole nitrogens is 1. The fourth-order valence-corrected chi connectivity index (χ4v) is 2.72. The average Bonchev–Trinajstić information content (AvgIpc) is 3.20. The normalized spacial score (nSPS) is 22.1. The number of rotatable bonds is 5. The third-order valence-electron chi connectivity index (χ3n) is 3.30. The van der Waals surface area contributed by atoms with Crippen LogP contribution in [0.15, 0.2) is 23.3 Å². The van der Waals surface area contributed by atoms with Gasteiger partial charge in [-0.3, -0.25) is 9.89 Å². The summed E-state index contributed by atoms with van der Waals surface area (Å²) in [7, 11) is 0. The van der Waals surface area contributed by atoms with Gasteiger partial charge in [0, 0.05) is 18.2 Å². The lowest BCUT2D eigenvalue weighted by Gasteiger charge is -2.31. The van der Waals surface area contributed by atoms with E-state index in [1.807, 2.05) is 5.38 Å². The van der Waals surface area contributed by atoms with Crippen LogP contribution in [-0.2, 0) is 16.1 Å². The molecule has 0 aromatic carbocycles. The number of hydrogen-bond acceptors (Lipinski definition) is 6. The van der Waals surface area contributed by atoms with Crippen molar-refractivity contribution in [2.75, 3.05) is 13.2 Å². The summed E-state index contributed by atoms with van der Waals surface area (Å²) in [4.78, 5) is 16.2. The molecule has 1 aliphatic rings. The molecule has 2 aromatic rings. The summed E-state index contributed by atoms with van der Waals surface area (Å²) in [6, 6.07) is -0.167. The Morgan fingerprint density at radius 1 is 1.62 bits per heavy atom. The van der Waals surface area contributed by atoms with Crippen LogP contribution < -0.4 is 5.32 Å². The Labute approximate surface area is 125 Å². The molecule has 21 heavy (non-hydrogen) atoms. The molecule has 8 heteroatoms. The first kappa shape index (κ1) is 14.2. The molecule has 112 valence electrons. The van der Waals surface area contributed by atoms with Gasteiger partial charge >= 0.3 is 0 Å². The van der Waals surface area contributed by atoms with E-state index in [-0.39, 0.29) is 18.1 Å². The lowest BCUT2D eigenvalue weighted by atomic mass is 10.1. The lowest BCUT2D eigenvalue weighted by Crippen LogP contribution is -2.50. The number of carbonyl (C=O) groups is 1. The van der Waals surface area contributed by atoms with Crippen LogP contribution in [0.1, 0.15) is 22.5 Å². The molecule has 0 spiro atoms. The molecule has 2 aromatic heterocycles. The molecule has 0 radical (unpaired) electrons. The SMILES string of the molecule is O=C(N[C@@H]1COCC[C@@H]1OCc1cscn1)c1cn[nH]c1. The van der Waals surface area contributed by atoms with Gasteiger partial charge in [-0.2, -0.15) is 5.10 Å². The van der Waals surface area contributed by atoms with Crippen LogP contribution >= 0.6 is 11.3 Å². The Balaban J connectivity index is 1.57. The van der Waals surface area contributed by atoms with Crippen molar-refractivity contribution in [2.45, 2.75) is 25.2 Å². The standard InChI is InChI=1S/C13H16N4O3S/c18-13(9-3-15-16-4-9)17-11-6-19-2-1-12(11)20-5-10-7-21-8-14-10/h3-4,7-8,11-12H,1-2,5-6H2,(H,15,16)(H,17,18)/t11-,12+/m1/s1. The zero-order valence-electron chi connectivity index (χ0n) is 11.3. The van der Waals surface area contributed by atoms with Crippen LogP contribution in [0.2, 0.25) is 0 Å². The molecule has 2 atom stereocenters. The average molecular weight is 308 g/mol. The first-order valence-electron chi connectivity index (χ1n) is 6.69. The number of amides is 1. The van der Waals surface area contributed by atoms with Gasteiger partial charge in [0.2, 0.25) is 0 Å². The van der Waals surface area contributed by atoms with Crippen molar-refractivity contribution in [2.24, 2.45) is 0 Å². The highest BCUT2D eigenvalue weighted by Gasteiger charge is 2.28. The van der Waals surface area contributed by atoms with Crippen molar-refractivity contribution >= 4 is 17.2 Å². The molecule has 3 heterocycles. The van der Waals surface area contributed by atoms with E-state index < -0.39 is 0 Å². The minimum atomic E-state index is -0.179. The summed E-state index contributed by atoms with van der Waals surface area (Å²) < 4.78 is 11.3. The van der Waals surface area contributed by atoms with Crippen molar-refractivity contribution in [1.82, 2.24) is 20.5 Å². The number of nitrogens with zero attached hydrogens (tertiary/aromatic N) is 2. The molecule has 1 aliphatic heterocycles. The number of ether oxygens (including phenoxy) is 2. The van der Waals surface area contributed by atoms with E-state index in [0.717, 1.165) is 12.1 Å². The van der Waals surface area contributed by atoms with Crippen LogP contribution in [0.25, 0.3) is 0 Å². The minimum Gasteiger partial charge on any atom is -0.379 e. The third kappa shape index (κ3) is 3.66. The number of thiazole rings is 1. The molecule has 1 saturated heterocycles. The van der Waals surface area contributed by atoms with Crippen LogP contribution in [0.5, 0.6) is 0 Å². The van der Waals surface area contributed by atoms with E-state index in [9.17, 15) is 4.79 Å². The summed E-state index contributed by atoms with van der Waals surface area (Å²) in [6.07, 6.45) is 3.73. The Kier molecular flexibility index (Phi) is 4.59. The number of hydrogen-bond donors (Lipinski definition) is 2. The summed E-state index contributed by atoms with van der Waals surface area (Å²) in [5, 5.41) is 11.3. The maximum atomic E-state index is 12.1. The predicted octanol–water partition coefficient (Wildman–Crippen LogP) is 0.970. The molecule has 0 unspecified atom stereocenters. The molecule has 3 rings (SSSR count).